The van der Waals surface area contributed by atoms with Crippen LogP contribution in [0.5, 0.6) is 0 Å². The lowest BCUT2D eigenvalue weighted by atomic mass is 9.97. The van der Waals surface area contributed by atoms with Gasteiger partial charge in [-0.2, -0.15) is 0 Å². The third kappa shape index (κ3) is 4.64. The molecule has 0 aromatic carbocycles. The van der Waals surface area contributed by atoms with Crippen molar-refractivity contribution < 1.29 is 33.2 Å². The molecule has 0 radical (unpaired) electrons. The second-order valence-corrected chi connectivity index (χ2v) is 7.75. The zero-order valence-corrected chi connectivity index (χ0v) is 17.4. The summed E-state index contributed by atoms with van der Waals surface area (Å²) in [6.45, 7) is 4.95. The molecule has 3 heterocycles. The van der Waals surface area contributed by atoms with E-state index in [4.69, 9.17) is 39.6 Å². The molecule has 11 nitrogen and oxygen atoms in total. The molecule has 2 saturated heterocycles. The number of nitrogens with zero attached hydrogens (tertiary/aromatic N) is 1. The van der Waals surface area contributed by atoms with Crippen molar-refractivity contribution in [2.75, 3.05) is 20.3 Å². The van der Waals surface area contributed by atoms with Crippen LogP contribution in [0.3, 0.4) is 0 Å². The highest BCUT2D eigenvalue weighted by Crippen LogP contribution is 2.47. The maximum atomic E-state index is 11.9. The van der Waals surface area contributed by atoms with Crippen LogP contribution in [-0.4, -0.2) is 67.9 Å². The minimum absolute atomic E-state index is 0.0909. The number of hydrogen-bond acceptors (Lipinski definition) is 8. The molecule has 11 heteroatoms. The second-order valence-electron chi connectivity index (χ2n) is 7.75. The number of nitrogens with one attached hydrogen (secondary N) is 2. The molecule has 166 valence electrons. The number of nitrogens with two attached hydrogens (primary N) is 1. The number of amidine groups is 1. The summed E-state index contributed by atoms with van der Waals surface area (Å²) in [4.78, 5) is 18.8. The maximum absolute atomic E-state index is 11.9. The first-order valence-electron chi connectivity index (χ1n) is 9.60. The van der Waals surface area contributed by atoms with E-state index in [-0.39, 0.29) is 25.0 Å². The zero-order valence-electron chi connectivity index (χ0n) is 17.4. The predicted octanol–water partition coefficient (Wildman–Crippen LogP) is 1.68. The van der Waals surface area contributed by atoms with E-state index in [1.165, 1.54) is 7.11 Å². The number of aromatic amines is 1. The van der Waals surface area contributed by atoms with E-state index in [1.54, 1.807) is 19.1 Å². The summed E-state index contributed by atoms with van der Waals surface area (Å²) in [5.74, 6) is 0.368. The molecule has 0 amide bonds. The molecule has 5 atom stereocenters. The van der Waals surface area contributed by atoms with Crippen molar-refractivity contribution in [3.05, 3.63) is 23.5 Å². The number of methoxy groups -OCH3 is 1. The Kier molecular flexibility index (Phi) is 6.76. The van der Waals surface area contributed by atoms with Crippen LogP contribution >= 0.6 is 0 Å². The van der Waals surface area contributed by atoms with E-state index < -0.39 is 36.5 Å². The Labute approximate surface area is 174 Å². The van der Waals surface area contributed by atoms with Gasteiger partial charge in [0.15, 0.2) is 0 Å². The molecule has 0 spiro atoms. The molecule has 0 saturated carbocycles. The lowest BCUT2D eigenvalue weighted by Crippen LogP contribution is -2.44. The van der Waals surface area contributed by atoms with Gasteiger partial charge in [0, 0.05) is 12.8 Å². The highest BCUT2D eigenvalue weighted by Gasteiger charge is 2.60. The number of carbonyl (C=O) groups is 1. The number of rotatable bonds is 8. The number of H-pyrrole nitrogens is 1. The summed E-state index contributed by atoms with van der Waals surface area (Å²) in [5, 5.41) is 7.05. The topological polar surface area (TPSA) is 150 Å². The van der Waals surface area contributed by atoms with Gasteiger partial charge in [0.1, 0.15) is 42.7 Å². The van der Waals surface area contributed by atoms with Gasteiger partial charge >= 0.3 is 6.16 Å². The first kappa shape index (κ1) is 22.2. The molecule has 0 unspecified atom stereocenters. The van der Waals surface area contributed by atoms with Crippen molar-refractivity contribution in [3.63, 3.8) is 0 Å². The van der Waals surface area contributed by atoms with Crippen LogP contribution < -0.4 is 5.73 Å². The van der Waals surface area contributed by atoms with Crippen LogP contribution in [0, 0.1) is 11.3 Å². The third-order valence-electron chi connectivity index (χ3n) is 4.82. The second kappa shape index (κ2) is 9.13. The third-order valence-corrected chi connectivity index (χ3v) is 4.82. The zero-order chi connectivity index (χ0) is 21.9. The van der Waals surface area contributed by atoms with E-state index in [0.29, 0.717) is 11.4 Å². The summed E-state index contributed by atoms with van der Waals surface area (Å²) in [5.41, 5.74) is 6.05. The van der Waals surface area contributed by atoms with Gasteiger partial charge in [-0.1, -0.05) is 13.8 Å². The average Bonchev–Trinajstić information content (AvgIpc) is 3.41. The van der Waals surface area contributed by atoms with Crippen LogP contribution in [0.25, 0.3) is 0 Å². The predicted molar refractivity (Wildman–Crippen MR) is 105 cm³/mol. The number of fused-ring (bicyclic) bond motifs is 1. The molecule has 30 heavy (non-hydrogen) atoms. The van der Waals surface area contributed by atoms with Crippen molar-refractivity contribution >= 4 is 18.3 Å². The largest absolute Gasteiger partial charge is 0.508 e. The molecule has 2 aliphatic heterocycles. The summed E-state index contributed by atoms with van der Waals surface area (Å²) >= 11 is 0. The molecule has 0 bridgehead atoms. The Morgan fingerprint density at radius 3 is 2.83 bits per heavy atom. The molecule has 1 aromatic heterocycles. The first-order chi connectivity index (χ1) is 14.3. The Morgan fingerprint density at radius 1 is 1.40 bits per heavy atom. The van der Waals surface area contributed by atoms with Crippen LogP contribution in [0.4, 0.5) is 4.79 Å². The van der Waals surface area contributed by atoms with E-state index >= 15 is 0 Å². The van der Waals surface area contributed by atoms with Crippen molar-refractivity contribution in [1.29, 1.82) is 5.41 Å². The Bertz CT molecular complexity index is 796. The average molecular weight is 424 g/mol. The lowest BCUT2D eigenvalue weighted by Gasteiger charge is -2.28. The highest BCUT2D eigenvalue weighted by atomic mass is 16.9. The van der Waals surface area contributed by atoms with Crippen LogP contribution in [0.2, 0.25) is 0 Å². The summed E-state index contributed by atoms with van der Waals surface area (Å²) in [6.07, 6.45) is -1.53. The van der Waals surface area contributed by atoms with Gasteiger partial charge in [-0.15, -0.1) is 0 Å². The minimum atomic E-state index is -1.00. The van der Waals surface area contributed by atoms with Crippen molar-refractivity contribution in [2.45, 2.75) is 51.2 Å². The van der Waals surface area contributed by atoms with Gasteiger partial charge in [-0.3, -0.25) is 5.41 Å². The quantitative estimate of drug-likeness (QED) is 0.324. The Balaban J connectivity index is 1.75. The Hall–Kier alpha value is -2.47. The summed E-state index contributed by atoms with van der Waals surface area (Å²) in [7, 11) is 1.47. The van der Waals surface area contributed by atoms with Gasteiger partial charge < -0.3 is 39.1 Å². The Morgan fingerprint density at radius 2 is 2.17 bits per heavy atom. The maximum Gasteiger partial charge on any atom is 0.508 e. The summed E-state index contributed by atoms with van der Waals surface area (Å²) in [6, 6.07) is 3.52. The van der Waals surface area contributed by atoms with Gasteiger partial charge in [0.05, 0.1) is 12.3 Å². The number of aliphatic imine (C=N–C) groups is 1. The van der Waals surface area contributed by atoms with Crippen molar-refractivity contribution in [1.82, 2.24) is 4.98 Å². The van der Waals surface area contributed by atoms with Crippen LogP contribution in [-0.2, 0) is 28.4 Å². The molecule has 2 aliphatic rings. The number of carbonyl (C=O) groups excluding carboxylic acids is 1. The van der Waals surface area contributed by atoms with Gasteiger partial charge in [0.2, 0.25) is 0 Å². The SMILES string of the molecule is CO[C@H]1O[C@H]2[C@H](c3ccc(C(N)=NC=N)[nH]3)O[C@](C)(COC(=O)OCC(C)C)[C@H]2O1. The van der Waals surface area contributed by atoms with E-state index in [1.807, 2.05) is 13.8 Å². The molecular weight excluding hydrogens is 396 g/mol. The van der Waals surface area contributed by atoms with Gasteiger partial charge in [0.25, 0.3) is 6.48 Å². The highest BCUT2D eigenvalue weighted by molar-refractivity contribution is 5.99. The number of aromatic nitrogens is 1. The van der Waals surface area contributed by atoms with Gasteiger partial charge in [-0.05, 0) is 25.0 Å². The van der Waals surface area contributed by atoms with Crippen LogP contribution in [0.15, 0.2) is 17.1 Å². The fourth-order valence-electron chi connectivity index (χ4n) is 3.39. The molecular formula is C19H28N4O7. The van der Waals surface area contributed by atoms with Gasteiger partial charge in [-0.25, -0.2) is 9.79 Å². The number of hydrogen-bond donors (Lipinski definition) is 3. The fourth-order valence-corrected chi connectivity index (χ4v) is 3.39. The fraction of sp³-hybridized carbons (Fsp3) is 0.632. The smallest absolute Gasteiger partial charge is 0.434 e. The van der Waals surface area contributed by atoms with Crippen molar-refractivity contribution in [2.24, 2.45) is 16.6 Å². The van der Waals surface area contributed by atoms with Crippen molar-refractivity contribution in [3.8, 4) is 0 Å². The summed E-state index contributed by atoms with van der Waals surface area (Å²) < 4.78 is 33.4. The molecule has 0 aliphatic carbocycles. The van der Waals surface area contributed by atoms with Crippen LogP contribution in [0.1, 0.15) is 38.3 Å². The van der Waals surface area contributed by atoms with E-state index in [9.17, 15) is 4.79 Å². The molecule has 4 N–H and O–H groups in total. The van der Waals surface area contributed by atoms with E-state index in [0.717, 1.165) is 6.34 Å². The molecule has 2 fully saturated rings. The molecule has 3 rings (SSSR count). The first-order valence-corrected chi connectivity index (χ1v) is 9.60. The normalized spacial score (nSPS) is 31.0. The monoisotopic (exact) mass is 424 g/mol. The minimum Gasteiger partial charge on any atom is -0.434 e. The standard InChI is InChI=1S/C19H28N4O7/c1-10(2)7-26-17(24)27-8-19(3)15-14(28-18(25-4)29-15)13(30-19)11-5-6-12(23-11)16(21)22-9-20/h5-6,9-10,13-15,18,23H,7-8H2,1-4H3,(H3,20,21,22)/t13-,14-,15-,18-,19+/m0/s1. The van der Waals surface area contributed by atoms with E-state index in [2.05, 4.69) is 9.98 Å². The number of ether oxygens (including phenoxy) is 6. The molecule has 1 aromatic rings. The lowest BCUT2D eigenvalue weighted by molar-refractivity contribution is -0.264.